The van der Waals surface area contributed by atoms with E-state index < -0.39 is 0 Å². The van der Waals surface area contributed by atoms with Gasteiger partial charge in [0.05, 0.1) is 0 Å². The maximum absolute atomic E-state index is 12.4. The van der Waals surface area contributed by atoms with Gasteiger partial charge < -0.3 is 15.6 Å². The van der Waals surface area contributed by atoms with Crippen LogP contribution in [0.4, 0.5) is 5.69 Å². The number of benzene rings is 1. The van der Waals surface area contributed by atoms with Gasteiger partial charge >= 0.3 is 0 Å². The molecule has 0 aliphatic carbocycles. The lowest BCUT2D eigenvalue weighted by Crippen LogP contribution is -2.34. The van der Waals surface area contributed by atoms with E-state index in [9.17, 15) is 9.59 Å². The number of anilines is 1. The average molecular weight is 271 g/mol. The molecule has 1 heterocycles. The van der Waals surface area contributed by atoms with Crippen LogP contribution in [0, 0.1) is 0 Å². The molecule has 0 radical (unpaired) electrons. The fourth-order valence-corrected chi connectivity index (χ4v) is 1.98. The van der Waals surface area contributed by atoms with Crippen molar-refractivity contribution < 1.29 is 4.79 Å². The Kier molecular flexibility index (Phi) is 4.32. The maximum atomic E-state index is 12.4. The fourth-order valence-electron chi connectivity index (χ4n) is 1.98. The molecule has 2 aromatic rings. The van der Waals surface area contributed by atoms with Crippen LogP contribution >= 0.6 is 0 Å². The highest BCUT2D eigenvalue weighted by Gasteiger charge is 2.18. The molecule has 3 N–H and O–H groups in total. The first kappa shape index (κ1) is 14.0. The van der Waals surface area contributed by atoms with E-state index in [0.29, 0.717) is 13.1 Å². The molecule has 0 saturated heterocycles. The number of carbonyl (C=O) groups is 1. The van der Waals surface area contributed by atoms with Gasteiger partial charge in [0.1, 0.15) is 5.56 Å². The first-order valence-corrected chi connectivity index (χ1v) is 6.45. The summed E-state index contributed by atoms with van der Waals surface area (Å²) in [6.45, 7) is 2.81. The second-order valence-corrected chi connectivity index (χ2v) is 4.34. The molecule has 0 fully saturated rings. The number of hydrogen-bond acceptors (Lipinski definition) is 3. The van der Waals surface area contributed by atoms with Crippen LogP contribution in [0.3, 0.4) is 0 Å². The van der Waals surface area contributed by atoms with E-state index in [1.165, 1.54) is 18.5 Å². The van der Waals surface area contributed by atoms with Gasteiger partial charge in [0.2, 0.25) is 0 Å². The van der Waals surface area contributed by atoms with E-state index in [1.807, 2.05) is 31.2 Å². The Hall–Kier alpha value is -2.40. The summed E-state index contributed by atoms with van der Waals surface area (Å²) in [6.07, 6.45) is 2.94. The van der Waals surface area contributed by atoms with E-state index >= 15 is 0 Å². The molecule has 1 aromatic heterocycles. The molecule has 0 aliphatic rings. The molecule has 5 heteroatoms. The van der Waals surface area contributed by atoms with Crippen molar-refractivity contribution in [2.24, 2.45) is 5.73 Å². The third kappa shape index (κ3) is 2.78. The Morgan fingerprint density at radius 1 is 1.25 bits per heavy atom. The highest BCUT2D eigenvalue weighted by atomic mass is 16.2. The van der Waals surface area contributed by atoms with Crippen molar-refractivity contribution in [1.82, 2.24) is 4.98 Å². The van der Waals surface area contributed by atoms with Gasteiger partial charge in [-0.1, -0.05) is 12.1 Å². The third-order valence-corrected chi connectivity index (χ3v) is 3.10. The lowest BCUT2D eigenvalue weighted by molar-refractivity contribution is 0.0987. The molecule has 104 valence electrons. The van der Waals surface area contributed by atoms with Crippen molar-refractivity contribution in [3.05, 3.63) is 64.1 Å². The number of nitrogens with zero attached hydrogens (tertiary/aromatic N) is 1. The topological polar surface area (TPSA) is 79.2 Å². The Bertz CT molecular complexity index is 647. The van der Waals surface area contributed by atoms with Crippen molar-refractivity contribution in [3.8, 4) is 0 Å². The summed E-state index contributed by atoms with van der Waals surface area (Å²) < 4.78 is 0. The minimum Gasteiger partial charge on any atom is -0.367 e. The number of nitrogens with two attached hydrogens (primary N) is 1. The van der Waals surface area contributed by atoms with Gasteiger partial charge in [-0.25, -0.2) is 0 Å². The molecule has 20 heavy (non-hydrogen) atoms. The van der Waals surface area contributed by atoms with E-state index in [2.05, 4.69) is 4.98 Å². The van der Waals surface area contributed by atoms with Crippen LogP contribution in [0.1, 0.15) is 22.8 Å². The molecular weight excluding hydrogens is 254 g/mol. The Morgan fingerprint density at radius 2 is 1.95 bits per heavy atom. The largest absolute Gasteiger partial charge is 0.367 e. The second-order valence-electron chi connectivity index (χ2n) is 4.34. The van der Waals surface area contributed by atoms with Crippen LogP contribution in [0.2, 0.25) is 0 Å². The normalized spacial score (nSPS) is 10.3. The Labute approximate surface area is 117 Å². The van der Waals surface area contributed by atoms with Crippen LogP contribution in [-0.2, 0) is 6.54 Å². The highest BCUT2D eigenvalue weighted by molar-refractivity contribution is 6.05. The lowest BCUT2D eigenvalue weighted by Gasteiger charge is -2.21. The molecule has 1 amide bonds. The number of hydrogen-bond donors (Lipinski definition) is 2. The number of carbonyl (C=O) groups excluding carboxylic acids is 1. The smallest absolute Gasteiger partial charge is 0.263 e. The standard InChI is InChI=1S/C15H17N3O2/c1-2-18(12-5-3-11(9-16)4-6-12)15(20)13-10-17-8-7-14(13)19/h3-8,10H,2,9,16H2,1H3,(H,17,19). The quantitative estimate of drug-likeness (QED) is 0.884. The average Bonchev–Trinajstić information content (AvgIpc) is 2.49. The SMILES string of the molecule is CCN(C(=O)c1c[nH]ccc1=O)c1ccc(CN)cc1. The van der Waals surface area contributed by atoms with Gasteiger partial charge in [-0.2, -0.15) is 0 Å². The maximum Gasteiger partial charge on any atom is 0.263 e. The Morgan fingerprint density at radius 3 is 2.50 bits per heavy atom. The lowest BCUT2D eigenvalue weighted by atomic mass is 10.1. The molecule has 0 saturated carbocycles. The van der Waals surface area contributed by atoms with E-state index in [4.69, 9.17) is 5.73 Å². The number of H-pyrrole nitrogens is 1. The molecule has 0 aliphatic heterocycles. The fraction of sp³-hybridized carbons (Fsp3) is 0.200. The zero-order valence-corrected chi connectivity index (χ0v) is 11.3. The predicted octanol–water partition coefficient (Wildman–Crippen LogP) is 1.50. The summed E-state index contributed by atoms with van der Waals surface area (Å²) in [5.74, 6) is -0.310. The molecule has 0 unspecified atom stereocenters. The Balaban J connectivity index is 2.34. The molecule has 0 bridgehead atoms. The number of aromatic nitrogens is 1. The first-order valence-electron chi connectivity index (χ1n) is 6.45. The van der Waals surface area contributed by atoms with Crippen LogP contribution in [0.15, 0.2) is 47.5 Å². The van der Waals surface area contributed by atoms with Crippen molar-refractivity contribution in [1.29, 1.82) is 0 Å². The van der Waals surface area contributed by atoms with E-state index in [0.717, 1.165) is 11.3 Å². The first-order chi connectivity index (χ1) is 9.67. The van der Waals surface area contributed by atoms with Crippen LogP contribution < -0.4 is 16.1 Å². The minimum atomic E-state index is -0.310. The summed E-state index contributed by atoms with van der Waals surface area (Å²) in [5.41, 5.74) is 7.15. The van der Waals surface area contributed by atoms with Gasteiger partial charge in [0.25, 0.3) is 5.91 Å². The molecule has 5 nitrogen and oxygen atoms in total. The zero-order valence-electron chi connectivity index (χ0n) is 11.3. The predicted molar refractivity (Wildman–Crippen MR) is 78.7 cm³/mol. The van der Waals surface area contributed by atoms with Crippen molar-refractivity contribution in [2.75, 3.05) is 11.4 Å². The molecule has 1 aromatic carbocycles. The van der Waals surface area contributed by atoms with Gasteiger partial charge in [-0.3, -0.25) is 9.59 Å². The van der Waals surface area contributed by atoms with E-state index in [1.54, 1.807) is 4.90 Å². The van der Waals surface area contributed by atoms with Gasteiger partial charge in [-0.05, 0) is 24.6 Å². The highest BCUT2D eigenvalue weighted by Crippen LogP contribution is 2.16. The third-order valence-electron chi connectivity index (χ3n) is 3.10. The summed E-state index contributed by atoms with van der Waals surface area (Å²) in [6, 6.07) is 8.76. The van der Waals surface area contributed by atoms with Gasteiger partial charge in [-0.15, -0.1) is 0 Å². The van der Waals surface area contributed by atoms with Crippen LogP contribution in [0.25, 0.3) is 0 Å². The monoisotopic (exact) mass is 271 g/mol. The molecule has 0 spiro atoms. The number of nitrogens with one attached hydrogen (secondary N) is 1. The summed E-state index contributed by atoms with van der Waals surface area (Å²) >= 11 is 0. The minimum absolute atomic E-state index is 0.136. The molecular formula is C15H17N3O2. The van der Waals surface area contributed by atoms with Crippen molar-refractivity contribution in [2.45, 2.75) is 13.5 Å². The van der Waals surface area contributed by atoms with Gasteiger partial charge in [0, 0.05) is 37.2 Å². The van der Waals surface area contributed by atoms with Gasteiger partial charge in [0.15, 0.2) is 5.43 Å². The number of amides is 1. The van der Waals surface area contributed by atoms with Crippen LogP contribution in [-0.4, -0.2) is 17.4 Å². The van der Waals surface area contributed by atoms with E-state index in [-0.39, 0.29) is 16.9 Å². The summed E-state index contributed by atoms with van der Waals surface area (Å²) in [7, 11) is 0. The van der Waals surface area contributed by atoms with Crippen molar-refractivity contribution in [3.63, 3.8) is 0 Å². The number of aromatic amines is 1. The zero-order chi connectivity index (χ0) is 14.5. The molecule has 0 atom stereocenters. The summed E-state index contributed by atoms with van der Waals surface area (Å²) in [5, 5.41) is 0. The summed E-state index contributed by atoms with van der Waals surface area (Å²) in [4.78, 5) is 28.5. The second kappa shape index (κ2) is 6.16. The van der Waals surface area contributed by atoms with Crippen LogP contribution in [0.5, 0.6) is 0 Å². The number of rotatable bonds is 4. The van der Waals surface area contributed by atoms with Crippen molar-refractivity contribution >= 4 is 11.6 Å². The number of pyridine rings is 1. The molecule has 2 rings (SSSR count).